The van der Waals surface area contributed by atoms with Crippen molar-refractivity contribution in [3.8, 4) is 11.5 Å². The molecular formula is C23H27N3O5S2. The van der Waals surface area contributed by atoms with Gasteiger partial charge in [0.25, 0.3) is 5.91 Å². The minimum atomic E-state index is -3.58. The highest BCUT2D eigenvalue weighted by atomic mass is 32.2. The van der Waals surface area contributed by atoms with Crippen molar-refractivity contribution in [2.24, 2.45) is 4.99 Å². The average molecular weight is 490 g/mol. The van der Waals surface area contributed by atoms with E-state index in [1.807, 2.05) is 6.92 Å². The molecular weight excluding hydrogens is 462 g/mol. The van der Waals surface area contributed by atoms with E-state index in [1.54, 1.807) is 55.5 Å². The number of hydrogen-bond acceptors (Lipinski definition) is 7. The summed E-state index contributed by atoms with van der Waals surface area (Å²) in [7, 11) is 2.51. The van der Waals surface area contributed by atoms with E-state index in [0.29, 0.717) is 34.5 Å². The molecule has 176 valence electrons. The van der Waals surface area contributed by atoms with Gasteiger partial charge in [-0.15, -0.1) is 0 Å². The zero-order valence-corrected chi connectivity index (χ0v) is 20.8. The molecule has 0 aromatic heterocycles. The van der Waals surface area contributed by atoms with Crippen LogP contribution in [-0.4, -0.2) is 68.8 Å². The lowest BCUT2D eigenvalue weighted by molar-refractivity contribution is -0.122. The Hall–Kier alpha value is -2.82. The van der Waals surface area contributed by atoms with Crippen molar-refractivity contribution in [2.75, 3.05) is 34.9 Å². The standard InChI is InChI=1S/C23H27N3O5S2/c1-16-15-26(22(27)12-9-17-13-19(30-4)10-11-21(17)31-5)23(32-16)24-18-7-6-8-20(14-18)33(28,29)25(2)3/h6-14,16H,15H2,1-5H3/b12-9+,24-23?. The number of ether oxygens (including phenoxy) is 2. The van der Waals surface area contributed by atoms with E-state index in [-0.39, 0.29) is 16.1 Å². The van der Waals surface area contributed by atoms with Crippen LogP contribution in [0.5, 0.6) is 11.5 Å². The first-order chi connectivity index (χ1) is 15.6. The molecule has 1 fully saturated rings. The molecule has 1 amide bonds. The SMILES string of the molecule is COc1ccc(OC)c(/C=C/C(=O)N2CC(C)SC2=Nc2cccc(S(=O)(=O)N(C)C)c2)c1. The third kappa shape index (κ3) is 5.76. The van der Waals surface area contributed by atoms with Gasteiger partial charge in [-0.05, 0) is 42.5 Å². The molecule has 1 saturated heterocycles. The number of rotatable bonds is 7. The van der Waals surface area contributed by atoms with Gasteiger partial charge in [-0.3, -0.25) is 9.69 Å². The van der Waals surface area contributed by atoms with Crippen molar-refractivity contribution in [1.82, 2.24) is 9.21 Å². The number of nitrogens with zero attached hydrogens (tertiary/aromatic N) is 3. The number of carbonyl (C=O) groups excluding carboxylic acids is 1. The van der Waals surface area contributed by atoms with Gasteiger partial charge in [0, 0.05) is 37.5 Å². The van der Waals surface area contributed by atoms with Crippen molar-refractivity contribution >= 4 is 44.6 Å². The maximum atomic E-state index is 13.0. The summed E-state index contributed by atoms with van der Waals surface area (Å²) < 4.78 is 36.7. The first-order valence-electron chi connectivity index (χ1n) is 10.1. The van der Waals surface area contributed by atoms with E-state index in [2.05, 4.69) is 4.99 Å². The minimum Gasteiger partial charge on any atom is -0.497 e. The molecule has 1 heterocycles. The van der Waals surface area contributed by atoms with Gasteiger partial charge in [0.1, 0.15) is 11.5 Å². The van der Waals surface area contributed by atoms with Crippen LogP contribution in [0, 0.1) is 0 Å². The van der Waals surface area contributed by atoms with Crippen LogP contribution < -0.4 is 9.47 Å². The van der Waals surface area contributed by atoms with Gasteiger partial charge in [0.2, 0.25) is 10.0 Å². The highest BCUT2D eigenvalue weighted by Gasteiger charge is 2.30. The van der Waals surface area contributed by atoms with Gasteiger partial charge >= 0.3 is 0 Å². The second kappa shape index (κ2) is 10.4. The lowest BCUT2D eigenvalue weighted by Crippen LogP contribution is -2.30. The van der Waals surface area contributed by atoms with Crippen LogP contribution in [0.2, 0.25) is 0 Å². The Morgan fingerprint density at radius 2 is 1.94 bits per heavy atom. The van der Waals surface area contributed by atoms with Crippen LogP contribution in [0.25, 0.3) is 6.08 Å². The van der Waals surface area contributed by atoms with Crippen LogP contribution in [-0.2, 0) is 14.8 Å². The highest BCUT2D eigenvalue weighted by Crippen LogP contribution is 2.30. The molecule has 8 nitrogen and oxygen atoms in total. The molecule has 10 heteroatoms. The van der Waals surface area contributed by atoms with Gasteiger partial charge in [-0.1, -0.05) is 24.8 Å². The third-order valence-corrected chi connectivity index (χ3v) is 7.79. The monoisotopic (exact) mass is 489 g/mol. The number of amides is 1. The Bertz CT molecular complexity index is 1190. The Labute approximate surface area is 198 Å². The van der Waals surface area contributed by atoms with Gasteiger partial charge in [-0.25, -0.2) is 17.7 Å². The van der Waals surface area contributed by atoms with Crippen LogP contribution in [0.4, 0.5) is 5.69 Å². The summed E-state index contributed by atoms with van der Waals surface area (Å²) >= 11 is 1.47. The van der Waals surface area contributed by atoms with Crippen LogP contribution in [0.1, 0.15) is 12.5 Å². The lowest BCUT2D eigenvalue weighted by atomic mass is 10.1. The molecule has 3 rings (SSSR count). The molecule has 0 radical (unpaired) electrons. The largest absolute Gasteiger partial charge is 0.497 e. The maximum absolute atomic E-state index is 13.0. The molecule has 0 saturated carbocycles. The van der Waals surface area contributed by atoms with Crippen molar-refractivity contribution < 1.29 is 22.7 Å². The number of aliphatic imine (C=N–C) groups is 1. The van der Waals surface area contributed by atoms with Crippen molar-refractivity contribution in [1.29, 1.82) is 0 Å². The van der Waals surface area contributed by atoms with Crippen molar-refractivity contribution in [3.63, 3.8) is 0 Å². The third-order valence-electron chi connectivity index (χ3n) is 4.91. The van der Waals surface area contributed by atoms with E-state index >= 15 is 0 Å². The number of hydrogen-bond donors (Lipinski definition) is 0. The van der Waals surface area contributed by atoms with Gasteiger partial charge in [-0.2, -0.15) is 0 Å². The summed E-state index contributed by atoms with van der Waals surface area (Å²) in [5.74, 6) is 1.05. The fourth-order valence-electron chi connectivity index (χ4n) is 3.14. The summed E-state index contributed by atoms with van der Waals surface area (Å²) in [4.78, 5) is 19.3. The number of carbonyl (C=O) groups is 1. The maximum Gasteiger partial charge on any atom is 0.252 e. The molecule has 0 bridgehead atoms. The topological polar surface area (TPSA) is 88.5 Å². The number of amidine groups is 1. The quantitative estimate of drug-likeness (QED) is 0.552. The Balaban J connectivity index is 1.88. The smallest absolute Gasteiger partial charge is 0.252 e. The van der Waals surface area contributed by atoms with Crippen LogP contribution >= 0.6 is 11.8 Å². The van der Waals surface area contributed by atoms with Crippen LogP contribution in [0.3, 0.4) is 0 Å². The van der Waals surface area contributed by atoms with Gasteiger partial charge in [0.15, 0.2) is 5.17 Å². The number of sulfonamides is 1. The number of benzene rings is 2. The fraction of sp³-hybridized carbons (Fsp3) is 0.304. The lowest BCUT2D eigenvalue weighted by Gasteiger charge is -2.14. The van der Waals surface area contributed by atoms with E-state index in [9.17, 15) is 13.2 Å². The summed E-state index contributed by atoms with van der Waals surface area (Å²) in [5, 5.41) is 0.676. The normalized spacial score (nSPS) is 17.8. The van der Waals surface area contributed by atoms with Crippen molar-refractivity contribution in [2.45, 2.75) is 17.1 Å². The van der Waals surface area contributed by atoms with E-state index in [1.165, 1.54) is 44.1 Å². The Morgan fingerprint density at radius 1 is 1.18 bits per heavy atom. The summed E-state index contributed by atoms with van der Waals surface area (Å²) in [5.41, 5.74) is 1.18. The fourth-order valence-corrected chi connectivity index (χ4v) is 5.12. The van der Waals surface area contributed by atoms with E-state index < -0.39 is 10.0 Å². The molecule has 0 spiro atoms. The molecule has 2 aromatic rings. The Morgan fingerprint density at radius 3 is 2.61 bits per heavy atom. The van der Waals surface area contributed by atoms with E-state index in [4.69, 9.17) is 9.47 Å². The highest BCUT2D eigenvalue weighted by molar-refractivity contribution is 8.14. The summed E-state index contributed by atoms with van der Waals surface area (Å²) in [6.07, 6.45) is 3.15. The molecule has 2 aromatic carbocycles. The average Bonchev–Trinajstić information content (AvgIpc) is 3.17. The molecule has 0 N–H and O–H groups in total. The minimum absolute atomic E-state index is 0.147. The molecule has 1 atom stereocenters. The summed E-state index contributed by atoms with van der Waals surface area (Å²) in [6, 6.07) is 11.7. The molecule has 0 aliphatic carbocycles. The number of thioether (sulfide) groups is 1. The molecule has 1 unspecified atom stereocenters. The zero-order valence-electron chi connectivity index (χ0n) is 19.2. The molecule has 1 aliphatic rings. The van der Waals surface area contributed by atoms with E-state index in [0.717, 1.165) is 4.31 Å². The second-order valence-corrected chi connectivity index (χ2v) is 11.1. The first kappa shape index (κ1) is 24.8. The predicted molar refractivity (Wildman–Crippen MR) is 132 cm³/mol. The first-order valence-corrected chi connectivity index (χ1v) is 12.5. The molecule has 33 heavy (non-hydrogen) atoms. The zero-order chi connectivity index (χ0) is 24.2. The van der Waals surface area contributed by atoms with Crippen molar-refractivity contribution in [3.05, 3.63) is 54.1 Å². The second-order valence-electron chi connectivity index (χ2n) is 7.50. The number of methoxy groups -OCH3 is 2. The van der Waals surface area contributed by atoms with Gasteiger partial charge < -0.3 is 9.47 Å². The summed E-state index contributed by atoms with van der Waals surface area (Å²) in [6.45, 7) is 2.51. The Kier molecular flexibility index (Phi) is 7.83. The predicted octanol–water partition coefficient (Wildman–Crippen LogP) is 3.62. The molecule has 1 aliphatic heterocycles. The van der Waals surface area contributed by atoms with Gasteiger partial charge in [0.05, 0.1) is 24.8 Å². The van der Waals surface area contributed by atoms with Crippen LogP contribution in [0.15, 0.2) is 58.4 Å².